The summed E-state index contributed by atoms with van der Waals surface area (Å²) in [6.07, 6.45) is 4.32. The highest BCUT2D eigenvalue weighted by Gasteiger charge is 2.46. The fourth-order valence-corrected chi connectivity index (χ4v) is 4.45. The molecule has 1 aromatic heterocycles. The van der Waals surface area contributed by atoms with Crippen molar-refractivity contribution < 1.29 is 14.6 Å². The molecule has 1 aliphatic heterocycles. The molecule has 0 spiro atoms. The molecule has 2 aliphatic rings. The second-order valence-electron chi connectivity index (χ2n) is 9.83. The van der Waals surface area contributed by atoms with E-state index >= 15 is 0 Å². The Morgan fingerprint density at radius 3 is 2.53 bits per heavy atom. The molecular weight excluding hydrogens is 430 g/mol. The molecule has 1 fully saturated rings. The van der Waals surface area contributed by atoms with E-state index in [1.54, 1.807) is 4.68 Å². The zero-order chi connectivity index (χ0) is 24.0. The van der Waals surface area contributed by atoms with Crippen LogP contribution in [-0.2, 0) is 0 Å². The second-order valence-corrected chi connectivity index (χ2v) is 9.83. The van der Waals surface area contributed by atoms with Gasteiger partial charge < -0.3 is 15.3 Å². The van der Waals surface area contributed by atoms with Gasteiger partial charge in [0, 0.05) is 30.8 Å². The van der Waals surface area contributed by atoms with Gasteiger partial charge >= 0.3 is 5.97 Å². The Labute approximate surface area is 198 Å². The summed E-state index contributed by atoms with van der Waals surface area (Å²) in [6, 6.07) is 16.0. The topological polar surface area (TPSA) is 91.7 Å². The Bertz CT molecular complexity index is 1270. The van der Waals surface area contributed by atoms with Crippen LogP contribution in [-0.4, -0.2) is 38.5 Å². The lowest BCUT2D eigenvalue weighted by atomic mass is 10.0. The molecule has 2 heterocycles. The number of carboxylic acids is 1. The minimum atomic E-state index is -0.960. The van der Waals surface area contributed by atoms with Crippen LogP contribution in [0.5, 0.6) is 5.75 Å². The van der Waals surface area contributed by atoms with E-state index in [-0.39, 0.29) is 23.0 Å². The number of hydrogen-bond donors (Lipinski definition) is 3. The molecule has 2 aromatic carbocycles. The van der Waals surface area contributed by atoms with Crippen molar-refractivity contribution in [3.63, 3.8) is 0 Å². The van der Waals surface area contributed by atoms with Gasteiger partial charge in [-0.15, -0.1) is 5.53 Å². The third-order valence-electron chi connectivity index (χ3n) is 5.97. The smallest absolute Gasteiger partial charge is 0.339 e. The van der Waals surface area contributed by atoms with E-state index < -0.39 is 5.97 Å². The first kappa shape index (κ1) is 22.0. The predicted octanol–water partition coefficient (Wildman–Crippen LogP) is 4.31. The molecule has 2 atom stereocenters. The van der Waals surface area contributed by atoms with Gasteiger partial charge in [0.15, 0.2) is 0 Å². The number of nitrogens with one attached hydrogen (secondary N) is 2. The quantitative estimate of drug-likeness (QED) is 0.506. The number of allylic oxidation sites excluding steroid dienone is 1. The minimum absolute atomic E-state index is 0.0767. The normalized spacial score (nSPS) is 19.5. The van der Waals surface area contributed by atoms with Gasteiger partial charge in [0.05, 0.1) is 17.6 Å². The van der Waals surface area contributed by atoms with Crippen molar-refractivity contribution in [1.82, 2.24) is 25.7 Å². The molecule has 3 aromatic rings. The highest BCUT2D eigenvalue weighted by molar-refractivity contribution is 5.89. The standard InChI is InChI=1S/C26H29N5O3/c1-26(2,3)34-19-10-6-8-17(12-19)16-7-5-9-18(11-16)31-24(22(14-27-31)25(32)33)21-13-20(21)23-15-30(4)29-28-23/h5-12,14-15,20-21,28-29H,13H2,1-4H3,(H,32,33). The van der Waals surface area contributed by atoms with Crippen LogP contribution in [0.3, 0.4) is 0 Å². The van der Waals surface area contributed by atoms with Crippen molar-refractivity contribution in [3.8, 4) is 22.6 Å². The van der Waals surface area contributed by atoms with Crippen LogP contribution in [0.4, 0.5) is 0 Å². The Morgan fingerprint density at radius 1 is 1.12 bits per heavy atom. The molecule has 2 unspecified atom stereocenters. The van der Waals surface area contributed by atoms with E-state index in [0.29, 0.717) is 0 Å². The average molecular weight is 460 g/mol. The molecule has 8 nitrogen and oxygen atoms in total. The van der Waals surface area contributed by atoms with E-state index in [2.05, 4.69) is 16.1 Å². The zero-order valence-electron chi connectivity index (χ0n) is 19.7. The van der Waals surface area contributed by atoms with Crippen molar-refractivity contribution in [1.29, 1.82) is 0 Å². The summed E-state index contributed by atoms with van der Waals surface area (Å²) in [7, 11) is 1.91. The maximum Gasteiger partial charge on any atom is 0.339 e. The maximum absolute atomic E-state index is 12.0. The highest BCUT2D eigenvalue weighted by atomic mass is 16.5. The summed E-state index contributed by atoms with van der Waals surface area (Å²) < 4.78 is 7.81. The van der Waals surface area contributed by atoms with E-state index in [1.165, 1.54) is 6.20 Å². The molecule has 1 saturated carbocycles. The van der Waals surface area contributed by atoms with Gasteiger partial charge in [-0.05, 0) is 62.6 Å². The molecule has 3 N–H and O–H groups in total. The van der Waals surface area contributed by atoms with Gasteiger partial charge in [-0.25, -0.2) is 9.48 Å². The zero-order valence-corrected chi connectivity index (χ0v) is 19.7. The molecule has 8 heteroatoms. The Kier molecular flexibility index (Phi) is 5.32. The van der Waals surface area contributed by atoms with Crippen LogP contribution in [0.2, 0.25) is 0 Å². The van der Waals surface area contributed by atoms with Crippen molar-refractivity contribution in [2.24, 2.45) is 5.92 Å². The summed E-state index contributed by atoms with van der Waals surface area (Å²) in [6.45, 7) is 6.07. The van der Waals surface area contributed by atoms with Gasteiger partial charge in [0.1, 0.15) is 16.9 Å². The predicted molar refractivity (Wildman–Crippen MR) is 129 cm³/mol. The van der Waals surface area contributed by atoms with Crippen LogP contribution in [0, 0.1) is 5.92 Å². The van der Waals surface area contributed by atoms with Crippen LogP contribution >= 0.6 is 0 Å². The van der Waals surface area contributed by atoms with Gasteiger partial charge in [0.25, 0.3) is 0 Å². The monoisotopic (exact) mass is 459 g/mol. The molecular formula is C26H29N5O3. The van der Waals surface area contributed by atoms with Crippen molar-refractivity contribution >= 4 is 5.97 Å². The average Bonchev–Trinajstić information content (AvgIpc) is 3.22. The number of hydrazine groups is 2. The van der Waals surface area contributed by atoms with Crippen molar-refractivity contribution in [3.05, 3.63) is 77.9 Å². The van der Waals surface area contributed by atoms with Gasteiger partial charge in [0.2, 0.25) is 0 Å². The highest BCUT2D eigenvalue weighted by Crippen LogP contribution is 2.52. The number of nitrogens with zero attached hydrogens (tertiary/aromatic N) is 3. The lowest BCUT2D eigenvalue weighted by molar-refractivity contribution is 0.0695. The number of aromatic carboxylic acids is 1. The third kappa shape index (κ3) is 4.36. The number of carboxylic acid groups (broad SMARTS) is 1. The molecule has 0 radical (unpaired) electrons. The number of carbonyl (C=O) groups is 1. The second kappa shape index (κ2) is 8.22. The van der Waals surface area contributed by atoms with E-state index in [9.17, 15) is 9.90 Å². The first-order chi connectivity index (χ1) is 16.2. The SMILES string of the molecule is CN1C=C(C2CC2c2c(C(=O)O)cnn2-c2cccc(-c3cccc(OC(C)(C)C)c3)c2)NN1. The first-order valence-electron chi connectivity index (χ1n) is 11.4. The number of aromatic nitrogens is 2. The maximum atomic E-state index is 12.0. The molecule has 5 rings (SSSR count). The number of hydrogen-bond acceptors (Lipinski definition) is 6. The lowest BCUT2D eigenvalue weighted by Gasteiger charge is -2.21. The molecule has 34 heavy (non-hydrogen) atoms. The van der Waals surface area contributed by atoms with Crippen molar-refractivity contribution in [2.45, 2.75) is 38.7 Å². The third-order valence-corrected chi connectivity index (χ3v) is 5.97. The molecule has 0 bridgehead atoms. The van der Waals surface area contributed by atoms with Gasteiger partial charge in [-0.3, -0.25) is 5.01 Å². The Hall–Kier alpha value is -3.78. The van der Waals surface area contributed by atoms with E-state index in [4.69, 9.17) is 4.74 Å². The number of ether oxygens (including phenoxy) is 1. The Balaban J connectivity index is 1.49. The largest absolute Gasteiger partial charge is 0.488 e. The van der Waals surface area contributed by atoms with Crippen LogP contribution in [0.15, 0.2) is 66.6 Å². The minimum Gasteiger partial charge on any atom is -0.488 e. The lowest BCUT2D eigenvalue weighted by Crippen LogP contribution is -2.33. The summed E-state index contributed by atoms with van der Waals surface area (Å²) in [5, 5.41) is 16.2. The summed E-state index contributed by atoms with van der Waals surface area (Å²) in [4.78, 5) is 12.0. The first-order valence-corrected chi connectivity index (χ1v) is 11.4. The molecule has 176 valence electrons. The van der Waals surface area contributed by atoms with Crippen molar-refractivity contribution in [2.75, 3.05) is 7.05 Å². The Morgan fingerprint density at radius 2 is 1.85 bits per heavy atom. The molecule has 0 saturated heterocycles. The number of benzene rings is 2. The molecule has 0 amide bonds. The fraction of sp³-hybridized carbons (Fsp3) is 0.308. The van der Waals surface area contributed by atoms with E-state index in [0.717, 1.165) is 40.4 Å². The van der Waals surface area contributed by atoms with Crippen LogP contribution < -0.4 is 15.7 Å². The fourth-order valence-electron chi connectivity index (χ4n) is 4.45. The molecule has 1 aliphatic carbocycles. The van der Waals surface area contributed by atoms with Crippen LogP contribution in [0.1, 0.15) is 49.2 Å². The van der Waals surface area contributed by atoms with Gasteiger partial charge in [-0.2, -0.15) is 5.10 Å². The summed E-state index contributed by atoms with van der Waals surface area (Å²) in [5.74, 6) is 0.145. The van der Waals surface area contributed by atoms with Crippen LogP contribution in [0.25, 0.3) is 16.8 Å². The summed E-state index contributed by atoms with van der Waals surface area (Å²) in [5.41, 5.74) is 10.8. The summed E-state index contributed by atoms with van der Waals surface area (Å²) >= 11 is 0. The van der Waals surface area contributed by atoms with Gasteiger partial charge in [-0.1, -0.05) is 24.3 Å². The number of rotatable bonds is 6. The van der Waals surface area contributed by atoms with E-state index in [1.807, 2.05) is 87.6 Å².